The van der Waals surface area contributed by atoms with Crippen molar-refractivity contribution in [3.05, 3.63) is 22.8 Å². The molecule has 0 aromatic carbocycles. The van der Waals surface area contributed by atoms with Gasteiger partial charge in [-0.3, -0.25) is 0 Å². The summed E-state index contributed by atoms with van der Waals surface area (Å²) >= 11 is 0. The third-order valence-corrected chi connectivity index (χ3v) is 3.42. The summed E-state index contributed by atoms with van der Waals surface area (Å²) < 4.78 is 0. The minimum absolute atomic E-state index is 0.940. The van der Waals surface area contributed by atoms with E-state index in [4.69, 9.17) is 0 Å². The average Bonchev–Trinajstić information content (AvgIpc) is 2.37. The predicted molar refractivity (Wildman–Crippen MR) is 73.6 cm³/mol. The first-order chi connectivity index (χ1) is 8.31. The lowest BCUT2D eigenvalue weighted by Gasteiger charge is -2.15. The molecule has 0 N–H and O–H groups in total. The maximum Gasteiger partial charge on any atom is 0.0949 e. The quantitative estimate of drug-likeness (QED) is 0.589. The van der Waals surface area contributed by atoms with Crippen LogP contribution in [0.15, 0.2) is 22.8 Å². The SMILES string of the molecule is CCC/C(C#N)=C(/C=C1CCCCC1)CCC. The monoisotopic (exact) mass is 231 g/mol. The Morgan fingerprint density at radius 2 is 1.76 bits per heavy atom. The van der Waals surface area contributed by atoms with Gasteiger partial charge in [-0.25, -0.2) is 0 Å². The molecule has 0 unspecified atom stereocenters. The molecule has 0 spiro atoms. The molecule has 1 saturated carbocycles. The van der Waals surface area contributed by atoms with E-state index in [0.29, 0.717) is 0 Å². The molecule has 0 aromatic rings. The van der Waals surface area contributed by atoms with E-state index in [0.717, 1.165) is 31.3 Å². The Kier molecular flexibility index (Phi) is 6.70. The standard InChI is InChI=1S/C16H25N/c1-3-8-15(16(13-17)9-4-2)12-14-10-6-5-7-11-14/h12H,3-11H2,1-2H3/b16-15-. The first-order valence-corrected chi connectivity index (χ1v) is 7.13. The zero-order valence-electron chi connectivity index (χ0n) is 11.4. The van der Waals surface area contributed by atoms with E-state index in [1.807, 2.05) is 0 Å². The Hall–Kier alpha value is -1.03. The van der Waals surface area contributed by atoms with Gasteiger partial charge in [0.1, 0.15) is 0 Å². The van der Waals surface area contributed by atoms with Gasteiger partial charge in [-0.05, 0) is 44.1 Å². The highest BCUT2D eigenvalue weighted by atomic mass is 14.3. The fourth-order valence-corrected chi connectivity index (χ4v) is 2.51. The largest absolute Gasteiger partial charge is 0.193 e. The van der Waals surface area contributed by atoms with Crippen molar-refractivity contribution in [2.75, 3.05) is 0 Å². The number of nitrogens with zero attached hydrogens (tertiary/aromatic N) is 1. The van der Waals surface area contributed by atoms with Gasteiger partial charge in [0.05, 0.1) is 6.07 Å². The summed E-state index contributed by atoms with van der Waals surface area (Å²) in [7, 11) is 0. The van der Waals surface area contributed by atoms with Gasteiger partial charge >= 0.3 is 0 Å². The van der Waals surface area contributed by atoms with E-state index in [2.05, 4.69) is 26.0 Å². The van der Waals surface area contributed by atoms with Crippen LogP contribution in [-0.2, 0) is 0 Å². The van der Waals surface area contributed by atoms with Crippen LogP contribution >= 0.6 is 0 Å². The Balaban J connectivity index is 2.86. The fourth-order valence-electron chi connectivity index (χ4n) is 2.51. The van der Waals surface area contributed by atoms with Gasteiger partial charge in [-0.1, -0.05) is 44.8 Å². The molecule has 17 heavy (non-hydrogen) atoms. The molecule has 94 valence electrons. The van der Waals surface area contributed by atoms with Crippen LogP contribution in [0, 0.1) is 11.3 Å². The van der Waals surface area contributed by atoms with Crippen LogP contribution in [0.1, 0.15) is 71.6 Å². The van der Waals surface area contributed by atoms with Crippen LogP contribution in [0.4, 0.5) is 0 Å². The van der Waals surface area contributed by atoms with E-state index in [-0.39, 0.29) is 0 Å². The molecule has 1 aliphatic rings. The number of nitriles is 1. The third kappa shape index (κ3) is 4.77. The van der Waals surface area contributed by atoms with Crippen molar-refractivity contribution >= 4 is 0 Å². The Morgan fingerprint density at radius 3 is 2.29 bits per heavy atom. The smallest absolute Gasteiger partial charge is 0.0949 e. The van der Waals surface area contributed by atoms with Crippen molar-refractivity contribution in [3.8, 4) is 6.07 Å². The van der Waals surface area contributed by atoms with E-state index in [1.165, 1.54) is 37.7 Å². The lowest BCUT2D eigenvalue weighted by atomic mass is 9.91. The summed E-state index contributed by atoms with van der Waals surface area (Å²) in [6.45, 7) is 4.34. The van der Waals surface area contributed by atoms with Gasteiger partial charge in [-0.2, -0.15) is 5.26 Å². The topological polar surface area (TPSA) is 23.8 Å². The second-order valence-electron chi connectivity index (χ2n) is 4.98. The van der Waals surface area contributed by atoms with Gasteiger partial charge in [0, 0.05) is 5.57 Å². The highest BCUT2D eigenvalue weighted by molar-refractivity contribution is 5.37. The first kappa shape index (κ1) is 14.0. The molecule has 1 heteroatoms. The van der Waals surface area contributed by atoms with E-state index in [1.54, 1.807) is 5.57 Å². The molecule has 1 fully saturated rings. The zero-order chi connectivity index (χ0) is 12.5. The molecule has 0 saturated heterocycles. The van der Waals surface area contributed by atoms with E-state index >= 15 is 0 Å². The first-order valence-electron chi connectivity index (χ1n) is 7.13. The zero-order valence-corrected chi connectivity index (χ0v) is 11.4. The van der Waals surface area contributed by atoms with Crippen LogP contribution in [0.5, 0.6) is 0 Å². The van der Waals surface area contributed by atoms with Crippen molar-refractivity contribution in [1.29, 1.82) is 5.26 Å². The van der Waals surface area contributed by atoms with E-state index in [9.17, 15) is 5.26 Å². The molecule has 0 atom stereocenters. The van der Waals surface area contributed by atoms with Crippen LogP contribution in [0.25, 0.3) is 0 Å². The Morgan fingerprint density at radius 1 is 1.12 bits per heavy atom. The van der Waals surface area contributed by atoms with Crippen LogP contribution in [0.3, 0.4) is 0 Å². The minimum atomic E-state index is 0.940. The molecule has 0 aliphatic heterocycles. The summed E-state index contributed by atoms with van der Waals surface area (Å²) in [6, 6.07) is 2.41. The summed E-state index contributed by atoms with van der Waals surface area (Å²) in [5, 5.41) is 9.25. The number of rotatable bonds is 5. The van der Waals surface area contributed by atoms with Gasteiger partial charge in [0.15, 0.2) is 0 Å². The number of hydrogen-bond donors (Lipinski definition) is 0. The lowest BCUT2D eigenvalue weighted by Crippen LogP contribution is -1.96. The molecule has 0 radical (unpaired) electrons. The molecule has 1 nitrogen and oxygen atoms in total. The van der Waals surface area contributed by atoms with Crippen LogP contribution in [-0.4, -0.2) is 0 Å². The van der Waals surface area contributed by atoms with Gasteiger partial charge in [-0.15, -0.1) is 0 Å². The Labute approximate surface area is 106 Å². The summed E-state index contributed by atoms with van der Waals surface area (Å²) in [5.41, 5.74) is 3.91. The number of hydrogen-bond acceptors (Lipinski definition) is 1. The minimum Gasteiger partial charge on any atom is -0.193 e. The van der Waals surface area contributed by atoms with E-state index < -0.39 is 0 Å². The number of allylic oxidation sites excluding steroid dienone is 4. The van der Waals surface area contributed by atoms with Gasteiger partial charge < -0.3 is 0 Å². The van der Waals surface area contributed by atoms with Crippen LogP contribution in [0.2, 0.25) is 0 Å². The molecule has 0 amide bonds. The van der Waals surface area contributed by atoms with Gasteiger partial charge in [0.25, 0.3) is 0 Å². The third-order valence-electron chi connectivity index (χ3n) is 3.42. The molecular weight excluding hydrogens is 206 g/mol. The highest BCUT2D eigenvalue weighted by Gasteiger charge is 2.08. The lowest BCUT2D eigenvalue weighted by molar-refractivity contribution is 0.598. The molecule has 1 rings (SSSR count). The maximum atomic E-state index is 9.25. The summed E-state index contributed by atoms with van der Waals surface area (Å²) in [5.74, 6) is 0. The maximum absolute atomic E-state index is 9.25. The summed E-state index contributed by atoms with van der Waals surface area (Å²) in [4.78, 5) is 0. The Bertz CT molecular complexity index is 320. The normalized spacial score (nSPS) is 17.4. The average molecular weight is 231 g/mol. The van der Waals surface area contributed by atoms with Crippen molar-refractivity contribution in [3.63, 3.8) is 0 Å². The predicted octanol–water partition coefficient (Wildman–Crippen LogP) is 5.30. The molecular formula is C16H25N. The van der Waals surface area contributed by atoms with Crippen molar-refractivity contribution in [2.45, 2.75) is 71.6 Å². The molecule has 0 bridgehead atoms. The van der Waals surface area contributed by atoms with Crippen molar-refractivity contribution in [2.24, 2.45) is 0 Å². The second kappa shape index (κ2) is 8.12. The molecule has 0 aromatic heterocycles. The van der Waals surface area contributed by atoms with Crippen molar-refractivity contribution in [1.82, 2.24) is 0 Å². The van der Waals surface area contributed by atoms with Gasteiger partial charge in [0.2, 0.25) is 0 Å². The molecule has 1 aliphatic carbocycles. The highest BCUT2D eigenvalue weighted by Crippen LogP contribution is 2.26. The van der Waals surface area contributed by atoms with Crippen molar-refractivity contribution < 1.29 is 0 Å². The molecule has 0 heterocycles. The summed E-state index contributed by atoms with van der Waals surface area (Å²) in [6.07, 6.45) is 13.1. The second-order valence-corrected chi connectivity index (χ2v) is 4.98. The fraction of sp³-hybridized carbons (Fsp3) is 0.688. The van der Waals surface area contributed by atoms with Crippen LogP contribution < -0.4 is 0 Å².